The summed E-state index contributed by atoms with van der Waals surface area (Å²) in [5.74, 6) is 0.622. The van der Waals surface area contributed by atoms with Crippen LogP contribution in [-0.2, 0) is 5.41 Å². The van der Waals surface area contributed by atoms with Crippen LogP contribution in [0.15, 0.2) is 91.3 Å². The average Bonchev–Trinajstić information content (AvgIpc) is 3.33. The Balaban J connectivity index is 1.45. The molecule has 2 aromatic heterocycles. The summed E-state index contributed by atoms with van der Waals surface area (Å²) < 4.78 is 4.48. The molecule has 0 radical (unpaired) electrons. The molecule has 0 fully saturated rings. The van der Waals surface area contributed by atoms with Gasteiger partial charge in [0.15, 0.2) is 0 Å². The number of nitrogens with zero attached hydrogens (tertiary/aromatic N) is 3. The van der Waals surface area contributed by atoms with Crippen molar-refractivity contribution in [2.45, 2.75) is 38.8 Å². The van der Waals surface area contributed by atoms with Crippen molar-refractivity contribution in [1.29, 1.82) is 0 Å². The Morgan fingerprint density at radius 2 is 1.55 bits per heavy atom. The van der Waals surface area contributed by atoms with Crippen LogP contribution in [0.1, 0.15) is 32.0 Å². The van der Waals surface area contributed by atoms with Crippen LogP contribution >= 0.6 is 0 Å². The second-order valence-electron chi connectivity index (χ2n) is 10.4. The molecule has 2 N–H and O–H groups in total. The minimum absolute atomic E-state index is 0.162. The molecule has 0 aliphatic heterocycles. The second-order valence-corrected chi connectivity index (χ2v) is 14.9. The van der Waals surface area contributed by atoms with Crippen LogP contribution in [0.5, 0.6) is 0 Å². The summed E-state index contributed by atoms with van der Waals surface area (Å²) in [4.78, 5) is 17.5. The van der Waals surface area contributed by atoms with Crippen molar-refractivity contribution in [3.63, 3.8) is 0 Å². The first-order chi connectivity index (χ1) is 18.2. The number of hydrogen-bond acceptors (Lipinski definition) is 3. The zero-order chi connectivity index (χ0) is 26.9. The van der Waals surface area contributed by atoms with Gasteiger partial charge in [0.05, 0.1) is 0 Å². The Morgan fingerprint density at radius 1 is 0.868 bits per heavy atom. The third-order valence-corrected chi connectivity index (χ3v) is 11.1. The fourth-order valence-electron chi connectivity index (χ4n) is 4.38. The SMILES string of the molecule is Cc1ccc(-n2nc(C(C)(C)C)cc2NC(=O)Nc2ccc([As](C)c3ccncc3)c3ccccc23)cc1. The number of carbonyl (C=O) groups excluding carboxylic acids is 1. The average molecular weight is 566 g/mol. The van der Waals surface area contributed by atoms with Crippen molar-refractivity contribution in [3.05, 3.63) is 103 Å². The Bertz CT molecular complexity index is 1590. The zero-order valence-corrected chi connectivity index (χ0v) is 24.2. The molecular weight excluding hydrogens is 533 g/mol. The van der Waals surface area contributed by atoms with Crippen molar-refractivity contribution in [1.82, 2.24) is 14.8 Å². The van der Waals surface area contributed by atoms with E-state index in [1.165, 1.54) is 19.7 Å². The molecule has 5 aromatic rings. The van der Waals surface area contributed by atoms with Crippen LogP contribution in [0.4, 0.5) is 16.3 Å². The molecule has 5 rings (SSSR count). The number of anilines is 2. The number of pyridine rings is 1. The van der Waals surface area contributed by atoms with Crippen LogP contribution in [0.3, 0.4) is 0 Å². The zero-order valence-electron chi connectivity index (χ0n) is 22.4. The molecular formula is C31H32AsN5O. The van der Waals surface area contributed by atoms with Crippen molar-refractivity contribution < 1.29 is 4.79 Å². The van der Waals surface area contributed by atoms with Crippen LogP contribution in [0.2, 0.25) is 5.71 Å². The first-order valence-corrected chi connectivity index (χ1v) is 16.4. The molecule has 0 bridgehead atoms. The van der Waals surface area contributed by atoms with Crippen LogP contribution in [0.25, 0.3) is 16.5 Å². The molecule has 7 heteroatoms. The normalized spacial score (nSPS) is 12.3. The number of carbonyl (C=O) groups is 1. The fourth-order valence-corrected chi connectivity index (χ4v) is 7.98. The Hall–Kier alpha value is -3.89. The molecule has 0 aliphatic rings. The molecule has 1 atom stereocenters. The van der Waals surface area contributed by atoms with E-state index in [2.05, 4.69) is 85.4 Å². The molecule has 2 heterocycles. The first-order valence-electron chi connectivity index (χ1n) is 12.6. The molecule has 3 aromatic carbocycles. The van der Waals surface area contributed by atoms with Gasteiger partial charge in [0.25, 0.3) is 0 Å². The standard InChI is InChI=1S/C31H32AsN5O/c1-21-10-12-23(13-11-21)37-29(20-28(36-37)31(2,3)4)35-30(38)34-27-15-14-26(24-8-6-7-9-25(24)27)32(5)22-16-18-33-19-17-22/h6-20H,1-5H3,(H2,34,35,38). The molecule has 0 saturated heterocycles. The van der Waals surface area contributed by atoms with Gasteiger partial charge < -0.3 is 0 Å². The predicted octanol–water partition coefficient (Wildman–Crippen LogP) is 5.91. The van der Waals surface area contributed by atoms with Crippen molar-refractivity contribution >= 4 is 51.7 Å². The maximum atomic E-state index is 13.3. The number of nitrogens with one attached hydrogen (secondary N) is 2. The fraction of sp³-hybridized carbons (Fsp3) is 0.194. The van der Waals surface area contributed by atoms with E-state index in [0.717, 1.165) is 22.5 Å². The number of benzene rings is 3. The van der Waals surface area contributed by atoms with Gasteiger partial charge in [-0.05, 0) is 6.92 Å². The Labute approximate surface area is 228 Å². The van der Waals surface area contributed by atoms with Gasteiger partial charge in [-0.1, -0.05) is 5.56 Å². The van der Waals surface area contributed by atoms with Crippen molar-refractivity contribution in [2.24, 2.45) is 0 Å². The van der Waals surface area contributed by atoms with E-state index >= 15 is 0 Å². The van der Waals surface area contributed by atoms with Gasteiger partial charge in [0.2, 0.25) is 0 Å². The van der Waals surface area contributed by atoms with E-state index < -0.39 is 14.7 Å². The van der Waals surface area contributed by atoms with Gasteiger partial charge in [0.1, 0.15) is 0 Å². The van der Waals surface area contributed by atoms with E-state index in [0.29, 0.717) is 5.82 Å². The minimum atomic E-state index is -1.50. The monoisotopic (exact) mass is 565 g/mol. The number of fused-ring (bicyclic) bond motifs is 1. The quantitative estimate of drug-likeness (QED) is 0.261. The molecule has 6 nitrogen and oxygen atoms in total. The summed E-state index contributed by atoms with van der Waals surface area (Å²) in [5, 5.41) is 13.2. The number of aromatic nitrogens is 3. The summed E-state index contributed by atoms with van der Waals surface area (Å²) >= 11 is -1.50. The molecule has 0 saturated carbocycles. The third-order valence-electron chi connectivity index (χ3n) is 6.56. The van der Waals surface area contributed by atoms with Gasteiger partial charge in [-0.15, -0.1) is 0 Å². The van der Waals surface area contributed by atoms with Crippen molar-refractivity contribution in [2.75, 3.05) is 10.6 Å². The number of hydrogen-bond donors (Lipinski definition) is 2. The van der Waals surface area contributed by atoms with E-state index in [4.69, 9.17) is 5.10 Å². The predicted molar refractivity (Wildman–Crippen MR) is 159 cm³/mol. The molecule has 2 amide bonds. The summed E-state index contributed by atoms with van der Waals surface area (Å²) in [7, 11) is 0. The number of aryl methyl sites for hydroxylation is 1. The molecule has 0 spiro atoms. The van der Waals surface area contributed by atoms with Crippen LogP contribution < -0.4 is 19.3 Å². The number of amides is 2. The van der Waals surface area contributed by atoms with Gasteiger partial charge in [-0.2, -0.15) is 0 Å². The number of rotatable bonds is 5. The molecule has 38 heavy (non-hydrogen) atoms. The summed E-state index contributed by atoms with van der Waals surface area (Å²) in [6.45, 7) is 8.39. The van der Waals surface area contributed by atoms with E-state index in [9.17, 15) is 4.79 Å². The summed E-state index contributed by atoms with van der Waals surface area (Å²) in [5.41, 5.74) is 5.91. The van der Waals surface area contributed by atoms with Gasteiger partial charge in [0, 0.05) is 0 Å². The Kier molecular flexibility index (Phi) is 7.09. The molecule has 192 valence electrons. The van der Waals surface area contributed by atoms with E-state index in [1.54, 1.807) is 4.68 Å². The van der Waals surface area contributed by atoms with Crippen LogP contribution in [-0.4, -0.2) is 35.4 Å². The summed E-state index contributed by atoms with van der Waals surface area (Å²) in [6.07, 6.45) is 3.71. The van der Waals surface area contributed by atoms with Crippen LogP contribution in [0, 0.1) is 6.92 Å². The summed E-state index contributed by atoms with van der Waals surface area (Å²) in [6, 6.07) is 26.4. The van der Waals surface area contributed by atoms with Gasteiger partial charge >= 0.3 is 216 Å². The third kappa shape index (κ3) is 5.36. The van der Waals surface area contributed by atoms with Gasteiger partial charge in [-0.3, -0.25) is 0 Å². The first kappa shape index (κ1) is 25.7. The van der Waals surface area contributed by atoms with E-state index in [1.807, 2.05) is 54.9 Å². The molecule has 1 unspecified atom stereocenters. The second kappa shape index (κ2) is 10.5. The topological polar surface area (TPSA) is 71.8 Å². The number of urea groups is 1. The molecule has 0 aliphatic carbocycles. The van der Waals surface area contributed by atoms with E-state index in [-0.39, 0.29) is 11.4 Å². The van der Waals surface area contributed by atoms with Crippen molar-refractivity contribution in [3.8, 4) is 5.69 Å². The Morgan fingerprint density at radius 3 is 2.24 bits per heavy atom. The van der Waals surface area contributed by atoms with Gasteiger partial charge in [-0.25, -0.2) is 0 Å². The maximum absolute atomic E-state index is 13.3.